The van der Waals surface area contributed by atoms with Gasteiger partial charge in [0.15, 0.2) is 12.2 Å². The van der Waals surface area contributed by atoms with Crippen molar-refractivity contribution < 1.29 is 42.9 Å². The van der Waals surface area contributed by atoms with Crippen LogP contribution in [-0.4, -0.2) is 61.1 Å². The van der Waals surface area contributed by atoms with Crippen molar-refractivity contribution in [2.45, 2.75) is 64.9 Å². The zero-order valence-corrected chi connectivity index (χ0v) is 25.9. The Morgan fingerprint density at radius 3 is 1.75 bits per heavy atom. The normalized spacial score (nSPS) is 21.2. The average molecular weight is 622 g/mol. The van der Waals surface area contributed by atoms with E-state index in [2.05, 4.69) is 35.6 Å². The van der Waals surface area contributed by atoms with Crippen molar-refractivity contribution in [3.8, 4) is 0 Å². The minimum atomic E-state index is -1.26. The van der Waals surface area contributed by atoms with Crippen LogP contribution in [0.25, 0.3) is 0 Å². The van der Waals surface area contributed by atoms with Crippen LogP contribution in [0.1, 0.15) is 33.3 Å². The number of carbonyl (C=O) groups is 4. The van der Waals surface area contributed by atoms with Gasteiger partial charge in [0.25, 0.3) is 0 Å². The smallest absolute Gasteiger partial charge is 0.304 e. The monoisotopic (exact) mass is 621 g/mol. The molecule has 11 heteroatoms. The summed E-state index contributed by atoms with van der Waals surface area (Å²) in [7, 11) is -0.944. The average Bonchev–Trinajstić information content (AvgIpc) is 2.98. The summed E-state index contributed by atoms with van der Waals surface area (Å²) in [4.78, 5) is 48.2. The van der Waals surface area contributed by atoms with Gasteiger partial charge < -0.3 is 29.0 Å². The first kappa shape index (κ1) is 32.8. The van der Waals surface area contributed by atoms with Gasteiger partial charge in [-0.25, -0.2) is 0 Å². The summed E-state index contributed by atoms with van der Waals surface area (Å²) in [5.74, 6) is -2.54. The van der Waals surface area contributed by atoms with E-state index < -0.39 is 62.4 Å². The predicted molar refractivity (Wildman–Crippen MR) is 164 cm³/mol. The maximum absolute atomic E-state index is 12.3. The Kier molecular flexibility index (Phi) is 11.6. The maximum Gasteiger partial charge on any atom is 0.304 e. The third kappa shape index (κ3) is 8.72. The molecule has 0 saturated carbocycles. The molecular formula is C33H36NO9P. The molecule has 1 saturated heterocycles. The predicted octanol–water partition coefficient (Wildman–Crippen LogP) is 2.62. The molecule has 1 aliphatic heterocycles. The highest BCUT2D eigenvalue weighted by molar-refractivity contribution is 7.79. The Morgan fingerprint density at radius 1 is 0.682 bits per heavy atom. The Bertz CT molecular complexity index is 1400. The lowest BCUT2D eigenvalue weighted by atomic mass is 9.95. The van der Waals surface area contributed by atoms with E-state index in [1.54, 1.807) is 0 Å². The second kappa shape index (κ2) is 15.6. The number of benzene rings is 3. The van der Waals surface area contributed by atoms with Crippen molar-refractivity contribution in [2.75, 3.05) is 6.61 Å². The number of esters is 4. The molecule has 1 aliphatic rings. The molecule has 232 valence electrons. The van der Waals surface area contributed by atoms with Crippen LogP contribution in [0.3, 0.4) is 0 Å². The molecule has 0 unspecified atom stereocenters. The molecule has 0 aliphatic carbocycles. The molecule has 44 heavy (non-hydrogen) atoms. The first-order chi connectivity index (χ1) is 21.1. The van der Waals surface area contributed by atoms with Gasteiger partial charge in [-0.05, 0) is 29.4 Å². The van der Waals surface area contributed by atoms with E-state index in [-0.39, 0.29) is 13.2 Å². The van der Waals surface area contributed by atoms with Gasteiger partial charge in [0.2, 0.25) is 6.29 Å². The summed E-state index contributed by atoms with van der Waals surface area (Å²) in [6, 6.07) is 27.5. The van der Waals surface area contributed by atoms with E-state index in [1.807, 2.05) is 54.6 Å². The Balaban J connectivity index is 1.72. The fourth-order valence-corrected chi connectivity index (χ4v) is 7.54. The summed E-state index contributed by atoms with van der Waals surface area (Å²) in [5.41, 5.74) is 0.959. The molecule has 1 N–H and O–H groups in total. The molecule has 1 fully saturated rings. The summed E-state index contributed by atoms with van der Waals surface area (Å²) < 4.78 is 27.9. The van der Waals surface area contributed by atoms with Crippen LogP contribution in [-0.2, 0) is 49.4 Å². The third-order valence-electron chi connectivity index (χ3n) is 6.77. The van der Waals surface area contributed by atoms with Crippen molar-refractivity contribution in [3.05, 3.63) is 90.5 Å². The molecule has 5 atom stereocenters. The standard InChI is InChI=1S/C33H36NO9P/c1-21(35)39-20-28-31(40-22(2)36)32(41-23(3)37)30(33(43-28)42-24(4)38)34-19-25-13-11-12-18-29(25)44(26-14-7-5-8-15-26)27-16-9-6-10-17-27/h5-18,28,30-34H,19-20H2,1-4H3/t28-,30-,31-,32-,33-/m1/s1. The summed E-state index contributed by atoms with van der Waals surface area (Å²) in [6.07, 6.45) is -4.65. The first-order valence-corrected chi connectivity index (χ1v) is 15.5. The van der Waals surface area contributed by atoms with Gasteiger partial charge in [-0.15, -0.1) is 0 Å². The van der Waals surface area contributed by atoms with Crippen molar-refractivity contribution in [3.63, 3.8) is 0 Å². The summed E-state index contributed by atoms with van der Waals surface area (Å²) in [6.45, 7) is 4.82. The van der Waals surface area contributed by atoms with E-state index in [0.29, 0.717) is 0 Å². The van der Waals surface area contributed by atoms with Crippen LogP contribution >= 0.6 is 7.92 Å². The third-order valence-corrected chi connectivity index (χ3v) is 9.32. The van der Waals surface area contributed by atoms with Crippen LogP contribution in [0.5, 0.6) is 0 Å². The fraction of sp³-hybridized carbons (Fsp3) is 0.333. The van der Waals surface area contributed by atoms with Gasteiger partial charge >= 0.3 is 23.9 Å². The second-order valence-corrected chi connectivity index (χ2v) is 12.3. The van der Waals surface area contributed by atoms with E-state index in [4.69, 9.17) is 23.7 Å². The van der Waals surface area contributed by atoms with Gasteiger partial charge in [-0.1, -0.05) is 84.9 Å². The number of hydrogen-bond acceptors (Lipinski definition) is 10. The SMILES string of the molecule is CC(=O)OC[C@H]1O[C@@H](OC(C)=O)[C@H](NCc2ccccc2P(c2ccccc2)c2ccccc2)[C@@H](OC(C)=O)[C@@H]1OC(C)=O. The molecule has 4 rings (SSSR count). The number of ether oxygens (including phenoxy) is 5. The van der Waals surface area contributed by atoms with Gasteiger partial charge in [-0.3, -0.25) is 19.2 Å². The quantitative estimate of drug-likeness (QED) is 0.194. The molecule has 0 amide bonds. The van der Waals surface area contributed by atoms with Crippen molar-refractivity contribution in [1.82, 2.24) is 5.32 Å². The summed E-state index contributed by atoms with van der Waals surface area (Å²) >= 11 is 0. The number of carbonyl (C=O) groups excluding carboxylic acids is 4. The van der Waals surface area contributed by atoms with Gasteiger partial charge in [0.1, 0.15) is 18.8 Å². The minimum absolute atomic E-state index is 0.264. The van der Waals surface area contributed by atoms with Crippen LogP contribution in [0.15, 0.2) is 84.9 Å². The molecule has 0 aromatic heterocycles. The highest BCUT2D eigenvalue weighted by Crippen LogP contribution is 2.34. The van der Waals surface area contributed by atoms with Crippen LogP contribution < -0.4 is 21.2 Å². The first-order valence-electron chi connectivity index (χ1n) is 14.2. The second-order valence-electron chi connectivity index (χ2n) is 10.1. The largest absolute Gasteiger partial charge is 0.463 e. The van der Waals surface area contributed by atoms with Crippen molar-refractivity contribution in [2.24, 2.45) is 0 Å². The maximum atomic E-state index is 12.3. The lowest BCUT2D eigenvalue weighted by molar-refractivity contribution is -0.271. The molecular weight excluding hydrogens is 585 g/mol. The lowest BCUT2D eigenvalue weighted by Gasteiger charge is -2.44. The van der Waals surface area contributed by atoms with Crippen LogP contribution in [0.4, 0.5) is 0 Å². The number of hydrogen-bond donors (Lipinski definition) is 1. The molecule has 3 aromatic carbocycles. The van der Waals surface area contributed by atoms with Crippen LogP contribution in [0.2, 0.25) is 0 Å². The zero-order valence-electron chi connectivity index (χ0n) is 25.0. The lowest BCUT2D eigenvalue weighted by Crippen LogP contribution is -2.66. The van der Waals surface area contributed by atoms with E-state index in [1.165, 1.54) is 38.3 Å². The Morgan fingerprint density at radius 2 is 1.20 bits per heavy atom. The fourth-order valence-electron chi connectivity index (χ4n) is 5.07. The highest BCUT2D eigenvalue weighted by Gasteiger charge is 2.51. The van der Waals surface area contributed by atoms with Crippen molar-refractivity contribution in [1.29, 1.82) is 0 Å². The molecule has 0 radical (unpaired) electrons. The highest BCUT2D eigenvalue weighted by atomic mass is 31.1. The molecule has 3 aromatic rings. The summed E-state index contributed by atoms with van der Waals surface area (Å²) in [5, 5.41) is 6.80. The van der Waals surface area contributed by atoms with E-state index >= 15 is 0 Å². The van der Waals surface area contributed by atoms with Crippen molar-refractivity contribution >= 4 is 47.7 Å². The van der Waals surface area contributed by atoms with Gasteiger partial charge in [0, 0.05) is 34.2 Å². The number of rotatable bonds is 11. The molecule has 0 bridgehead atoms. The number of nitrogens with one attached hydrogen (secondary N) is 1. The van der Waals surface area contributed by atoms with E-state index in [0.717, 1.165) is 10.9 Å². The molecule has 0 spiro atoms. The van der Waals surface area contributed by atoms with Gasteiger partial charge in [0.05, 0.1) is 0 Å². The van der Waals surface area contributed by atoms with Gasteiger partial charge in [-0.2, -0.15) is 0 Å². The molecule has 1 heterocycles. The Hall–Kier alpha value is -4.11. The van der Waals surface area contributed by atoms with E-state index in [9.17, 15) is 19.2 Å². The van der Waals surface area contributed by atoms with Crippen LogP contribution in [0, 0.1) is 0 Å². The topological polar surface area (TPSA) is 126 Å². The zero-order chi connectivity index (χ0) is 31.6. The Labute approximate surface area is 257 Å². The molecule has 10 nitrogen and oxygen atoms in total. The minimum Gasteiger partial charge on any atom is -0.463 e.